The third-order valence-corrected chi connectivity index (χ3v) is 9.51. The lowest BCUT2D eigenvalue weighted by Gasteiger charge is -2.44. The van der Waals surface area contributed by atoms with E-state index in [-0.39, 0.29) is 22.9 Å². The molecule has 0 amide bonds. The number of aliphatic carboxylic acids is 2. The van der Waals surface area contributed by atoms with Crippen LogP contribution in [-0.2, 0) is 9.59 Å². The summed E-state index contributed by atoms with van der Waals surface area (Å²) in [7, 11) is 0. The van der Waals surface area contributed by atoms with Crippen LogP contribution in [0.2, 0.25) is 0 Å². The lowest BCUT2D eigenvalue weighted by molar-refractivity contribution is -0.166. The molecular weight excluding hydrogens is 433 g/mol. The molecule has 3 aliphatic rings. The second-order valence-corrected chi connectivity index (χ2v) is 9.41. The molecule has 23 heavy (non-hydrogen) atoms. The van der Waals surface area contributed by atoms with Crippen molar-refractivity contribution in [3.63, 3.8) is 0 Å². The summed E-state index contributed by atoms with van der Waals surface area (Å²) in [6.45, 7) is 0. The number of alkyl halides is 4. The molecule has 3 rings (SSSR count). The van der Waals surface area contributed by atoms with Crippen LogP contribution in [-0.4, -0.2) is 36.7 Å². The standard InChI is InChI=1S/C13H10Cl6O4/c14-6-3-1-4(9(20)21)11(10(22)23)2-5(3)12(17,13(11,18)19)8(16)7(6)15/h3-6H,1-2H2,(H,20,21)(H,22,23). The van der Waals surface area contributed by atoms with Crippen LogP contribution >= 0.6 is 69.6 Å². The molecular formula is C13H10Cl6O4. The van der Waals surface area contributed by atoms with Crippen molar-refractivity contribution in [2.75, 3.05) is 0 Å². The van der Waals surface area contributed by atoms with Gasteiger partial charge < -0.3 is 10.2 Å². The molecule has 2 bridgehead atoms. The quantitative estimate of drug-likeness (QED) is 0.626. The average Bonchev–Trinajstić information content (AvgIpc) is 2.63. The first-order valence-corrected chi connectivity index (χ1v) is 8.99. The topological polar surface area (TPSA) is 74.6 Å². The van der Waals surface area contributed by atoms with Crippen LogP contribution in [0.3, 0.4) is 0 Å². The van der Waals surface area contributed by atoms with Crippen LogP contribution in [0.15, 0.2) is 10.1 Å². The molecule has 6 atom stereocenters. The Morgan fingerprint density at radius 1 is 1.13 bits per heavy atom. The van der Waals surface area contributed by atoms with Crippen molar-refractivity contribution in [2.45, 2.75) is 27.4 Å². The Morgan fingerprint density at radius 2 is 1.70 bits per heavy atom. The summed E-state index contributed by atoms with van der Waals surface area (Å²) in [5, 5.41) is 18.5. The zero-order chi connectivity index (χ0) is 17.5. The molecule has 0 radical (unpaired) electrons. The van der Waals surface area contributed by atoms with Crippen molar-refractivity contribution in [1.82, 2.24) is 0 Å². The van der Waals surface area contributed by atoms with Gasteiger partial charge in [0.15, 0.2) is 4.33 Å². The predicted molar refractivity (Wildman–Crippen MR) is 88.8 cm³/mol. The van der Waals surface area contributed by atoms with Gasteiger partial charge >= 0.3 is 11.9 Å². The minimum Gasteiger partial charge on any atom is -0.481 e. The fraction of sp³-hybridized carbons (Fsp3) is 0.692. The first-order valence-electron chi connectivity index (χ1n) is 6.67. The van der Waals surface area contributed by atoms with E-state index >= 15 is 0 Å². The van der Waals surface area contributed by atoms with Crippen LogP contribution in [0.1, 0.15) is 12.8 Å². The fourth-order valence-corrected chi connectivity index (χ4v) is 7.26. The Kier molecular flexibility index (Phi) is 4.13. The molecule has 0 spiro atoms. The summed E-state index contributed by atoms with van der Waals surface area (Å²) in [5.74, 6) is -5.18. The van der Waals surface area contributed by atoms with E-state index in [2.05, 4.69) is 0 Å². The number of hydrogen-bond acceptors (Lipinski definition) is 2. The Balaban J connectivity index is 2.35. The highest BCUT2D eigenvalue weighted by molar-refractivity contribution is 6.59. The lowest BCUT2D eigenvalue weighted by Crippen LogP contribution is -2.56. The van der Waals surface area contributed by atoms with Crippen LogP contribution in [0, 0.1) is 23.2 Å². The van der Waals surface area contributed by atoms with Crippen LogP contribution in [0.4, 0.5) is 0 Å². The SMILES string of the molecule is O=C(O)C1CC2C(Cl)C(Cl)=C(Cl)C3(Cl)C2CC1(C(=O)O)C3(Cl)Cl. The number of fused-ring (bicyclic) bond motifs is 1. The summed E-state index contributed by atoms with van der Waals surface area (Å²) in [4.78, 5) is 22.1. The molecule has 3 aliphatic carbocycles. The fourth-order valence-electron chi connectivity index (χ4n) is 4.41. The Morgan fingerprint density at radius 3 is 2.17 bits per heavy atom. The summed E-state index contributed by atoms with van der Waals surface area (Å²) in [5.41, 5.74) is -1.98. The van der Waals surface area contributed by atoms with E-state index in [1.54, 1.807) is 0 Å². The average molecular weight is 443 g/mol. The second kappa shape index (κ2) is 5.21. The van der Waals surface area contributed by atoms with E-state index < -0.39 is 49.7 Å². The van der Waals surface area contributed by atoms with Gasteiger partial charge in [0.25, 0.3) is 0 Å². The van der Waals surface area contributed by atoms with Crippen molar-refractivity contribution in [1.29, 1.82) is 0 Å². The number of rotatable bonds is 2. The third kappa shape index (κ3) is 1.83. The molecule has 0 aromatic heterocycles. The molecule has 0 aromatic carbocycles. The number of hydrogen-bond donors (Lipinski definition) is 2. The van der Waals surface area contributed by atoms with Gasteiger partial charge in [0.05, 0.1) is 21.4 Å². The molecule has 0 aromatic rings. The molecule has 0 heterocycles. The number of halogens is 6. The van der Waals surface area contributed by atoms with Crippen LogP contribution < -0.4 is 0 Å². The molecule has 2 N–H and O–H groups in total. The van der Waals surface area contributed by atoms with Crippen molar-refractivity contribution in [3.05, 3.63) is 10.1 Å². The molecule has 0 aliphatic heterocycles. The maximum absolute atomic E-state index is 12.0. The highest BCUT2D eigenvalue weighted by Crippen LogP contribution is 2.76. The number of allylic oxidation sites excluding steroid dienone is 2. The minimum atomic E-state index is -2.16. The van der Waals surface area contributed by atoms with Crippen molar-refractivity contribution in [2.24, 2.45) is 23.2 Å². The highest BCUT2D eigenvalue weighted by Gasteiger charge is 2.82. The molecule has 2 fully saturated rings. The van der Waals surface area contributed by atoms with E-state index in [0.717, 1.165) is 0 Å². The highest BCUT2D eigenvalue weighted by atomic mass is 35.5. The van der Waals surface area contributed by atoms with Crippen molar-refractivity contribution < 1.29 is 19.8 Å². The smallest absolute Gasteiger partial charge is 0.313 e. The lowest BCUT2D eigenvalue weighted by atomic mass is 9.62. The van der Waals surface area contributed by atoms with Crippen molar-refractivity contribution in [3.8, 4) is 0 Å². The molecule has 0 saturated heterocycles. The van der Waals surface area contributed by atoms with E-state index in [4.69, 9.17) is 69.6 Å². The Hall–Kier alpha value is 0.420. The van der Waals surface area contributed by atoms with Gasteiger partial charge in [-0.2, -0.15) is 0 Å². The zero-order valence-corrected chi connectivity index (χ0v) is 15.7. The maximum Gasteiger partial charge on any atom is 0.313 e. The Labute approximate surface area is 161 Å². The predicted octanol–water partition coefficient (Wildman–Crippen LogP) is 4.26. The van der Waals surface area contributed by atoms with Gasteiger partial charge in [-0.25, -0.2) is 0 Å². The van der Waals surface area contributed by atoms with E-state index in [9.17, 15) is 19.8 Å². The van der Waals surface area contributed by atoms with Gasteiger partial charge in [-0.15, -0.1) is 23.2 Å². The molecule has 10 heteroatoms. The van der Waals surface area contributed by atoms with Crippen LogP contribution in [0.25, 0.3) is 0 Å². The summed E-state index contributed by atoms with van der Waals surface area (Å²) < 4.78 is -2.16. The van der Waals surface area contributed by atoms with E-state index in [1.807, 2.05) is 0 Å². The van der Waals surface area contributed by atoms with Gasteiger partial charge in [0, 0.05) is 0 Å². The maximum atomic E-state index is 12.0. The summed E-state index contributed by atoms with van der Waals surface area (Å²) in [6, 6.07) is 0. The second-order valence-electron chi connectivity index (χ2n) is 6.23. The molecule has 2 saturated carbocycles. The van der Waals surface area contributed by atoms with Gasteiger partial charge in [0.1, 0.15) is 10.3 Å². The van der Waals surface area contributed by atoms with E-state index in [0.29, 0.717) is 0 Å². The number of carbonyl (C=O) groups is 2. The third-order valence-electron chi connectivity index (χ3n) is 5.52. The van der Waals surface area contributed by atoms with E-state index in [1.165, 1.54) is 0 Å². The summed E-state index contributed by atoms with van der Waals surface area (Å²) >= 11 is 38.3. The van der Waals surface area contributed by atoms with Gasteiger partial charge in [-0.05, 0) is 24.7 Å². The summed E-state index contributed by atoms with van der Waals surface area (Å²) in [6.07, 6.45) is -0.180. The first-order chi connectivity index (χ1) is 10.4. The van der Waals surface area contributed by atoms with Gasteiger partial charge in [-0.3, -0.25) is 9.59 Å². The molecule has 6 unspecified atom stereocenters. The minimum absolute atomic E-state index is 0.0301. The monoisotopic (exact) mass is 440 g/mol. The van der Waals surface area contributed by atoms with Crippen molar-refractivity contribution >= 4 is 81.5 Å². The van der Waals surface area contributed by atoms with Gasteiger partial charge in [-0.1, -0.05) is 46.4 Å². The number of carboxylic acids is 2. The normalized spacial score (nSPS) is 47.6. The number of carboxylic acid groups (broad SMARTS) is 2. The molecule has 128 valence electrons. The molecule has 4 nitrogen and oxygen atoms in total. The largest absolute Gasteiger partial charge is 0.481 e. The van der Waals surface area contributed by atoms with Crippen LogP contribution in [0.5, 0.6) is 0 Å². The Bertz CT molecular complexity index is 648. The van der Waals surface area contributed by atoms with Gasteiger partial charge in [0.2, 0.25) is 0 Å². The first kappa shape index (κ1) is 18.2. The zero-order valence-electron chi connectivity index (χ0n) is 11.2.